The number of hydrogen-bond acceptors (Lipinski definition) is 3. The number of hydrogen-bond donors (Lipinski definition) is 1. The molecule has 1 rings (SSSR count). The minimum absolute atomic E-state index is 0.248. The molecule has 20 heavy (non-hydrogen) atoms. The summed E-state index contributed by atoms with van der Waals surface area (Å²) in [4.78, 5) is 0. The molecule has 0 heterocycles. The molecule has 1 aromatic carbocycles. The Hall–Kier alpha value is -0.900. The van der Waals surface area contributed by atoms with E-state index < -0.39 is 0 Å². The zero-order chi connectivity index (χ0) is 15.0. The molecule has 0 amide bonds. The fourth-order valence-corrected chi connectivity index (χ4v) is 2.27. The average Bonchev–Trinajstić information content (AvgIpc) is 2.35. The van der Waals surface area contributed by atoms with Gasteiger partial charge >= 0.3 is 0 Å². The molecule has 0 aliphatic heterocycles. The summed E-state index contributed by atoms with van der Waals surface area (Å²) in [6.07, 6.45) is 0.266. The van der Waals surface area contributed by atoms with Gasteiger partial charge in [-0.3, -0.25) is 0 Å². The molecule has 3 nitrogen and oxygen atoms in total. The van der Waals surface area contributed by atoms with E-state index in [-0.39, 0.29) is 12.1 Å². The normalized spacial score (nSPS) is 12.9. The van der Waals surface area contributed by atoms with Gasteiger partial charge in [-0.1, -0.05) is 36.2 Å². The number of ether oxygens (including phenoxy) is 2. The van der Waals surface area contributed by atoms with Crippen molar-refractivity contribution in [3.05, 3.63) is 34.9 Å². The molecule has 1 N–H and O–H groups in total. The van der Waals surface area contributed by atoms with E-state index in [9.17, 15) is 0 Å². The van der Waals surface area contributed by atoms with Crippen LogP contribution in [0.5, 0.6) is 0 Å². The van der Waals surface area contributed by atoms with Gasteiger partial charge < -0.3 is 14.8 Å². The Morgan fingerprint density at radius 2 is 1.70 bits per heavy atom. The van der Waals surface area contributed by atoms with Crippen LogP contribution in [0.15, 0.2) is 18.2 Å². The van der Waals surface area contributed by atoms with Crippen LogP contribution in [0.25, 0.3) is 0 Å². The first-order valence-electron chi connectivity index (χ1n) is 7.53. The third kappa shape index (κ3) is 6.51. The molecule has 0 aliphatic rings. The summed E-state index contributed by atoms with van der Waals surface area (Å²) >= 11 is 0. The molecule has 0 saturated carbocycles. The summed E-state index contributed by atoms with van der Waals surface area (Å²) in [5, 5.41) is 3.49. The highest BCUT2D eigenvalue weighted by molar-refractivity contribution is 5.30. The van der Waals surface area contributed by atoms with Gasteiger partial charge in [-0.25, -0.2) is 0 Å². The third-order valence-electron chi connectivity index (χ3n) is 3.06. The quantitative estimate of drug-likeness (QED) is 0.703. The van der Waals surface area contributed by atoms with Crippen molar-refractivity contribution in [2.45, 2.75) is 46.8 Å². The van der Waals surface area contributed by atoms with Gasteiger partial charge in [0.2, 0.25) is 0 Å². The van der Waals surface area contributed by atoms with E-state index >= 15 is 0 Å². The molecular formula is C17H29NO2. The van der Waals surface area contributed by atoms with Gasteiger partial charge in [0.25, 0.3) is 0 Å². The van der Waals surface area contributed by atoms with Gasteiger partial charge in [0.1, 0.15) is 0 Å². The predicted octanol–water partition coefficient (Wildman–Crippen LogP) is 3.40. The molecule has 0 radical (unpaired) electrons. The Bertz CT molecular complexity index is 370. The molecule has 0 bridgehead atoms. The fraction of sp³-hybridized carbons (Fsp3) is 0.647. The SMILES string of the molecule is CCNC(COCCOC(C)C)c1cc(C)cc(C)c1. The first kappa shape index (κ1) is 17.2. The molecule has 0 aromatic heterocycles. The second-order valence-corrected chi connectivity index (χ2v) is 5.53. The van der Waals surface area contributed by atoms with Crippen molar-refractivity contribution in [2.75, 3.05) is 26.4 Å². The number of rotatable bonds is 9. The minimum atomic E-state index is 0.248. The highest BCUT2D eigenvalue weighted by Gasteiger charge is 2.11. The number of nitrogens with one attached hydrogen (secondary N) is 1. The largest absolute Gasteiger partial charge is 0.377 e. The predicted molar refractivity (Wildman–Crippen MR) is 84.2 cm³/mol. The zero-order valence-electron chi connectivity index (χ0n) is 13.5. The van der Waals surface area contributed by atoms with Crippen LogP contribution in [0.1, 0.15) is 43.5 Å². The van der Waals surface area contributed by atoms with Crippen LogP contribution in [0, 0.1) is 13.8 Å². The second-order valence-electron chi connectivity index (χ2n) is 5.53. The Kier molecular flexibility index (Phi) is 7.82. The lowest BCUT2D eigenvalue weighted by atomic mass is 10.0. The summed E-state index contributed by atoms with van der Waals surface area (Å²) in [5.74, 6) is 0. The van der Waals surface area contributed by atoms with Crippen molar-refractivity contribution in [3.8, 4) is 0 Å². The Labute approximate surface area is 123 Å². The van der Waals surface area contributed by atoms with Gasteiger partial charge in [-0.2, -0.15) is 0 Å². The topological polar surface area (TPSA) is 30.5 Å². The van der Waals surface area contributed by atoms with Crippen LogP contribution in [0.3, 0.4) is 0 Å². The van der Waals surface area contributed by atoms with Crippen molar-refractivity contribution < 1.29 is 9.47 Å². The van der Waals surface area contributed by atoms with E-state index in [1.54, 1.807) is 0 Å². The van der Waals surface area contributed by atoms with Crippen LogP contribution >= 0.6 is 0 Å². The summed E-state index contributed by atoms with van der Waals surface area (Å²) in [6, 6.07) is 6.91. The van der Waals surface area contributed by atoms with E-state index in [1.807, 2.05) is 13.8 Å². The monoisotopic (exact) mass is 279 g/mol. The highest BCUT2D eigenvalue weighted by atomic mass is 16.5. The smallest absolute Gasteiger partial charge is 0.0703 e. The van der Waals surface area contributed by atoms with Gasteiger partial charge in [-0.05, 0) is 39.8 Å². The van der Waals surface area contributed by atoms with Gasteiger partial charge in [0.05, 0.1) is 32.0 Å². The van der Waals surface area contributed by atoms with Crippen molar-refractivity contribution in [2.24, 2.45) is 0 Å². The second kappa shape index (κ2) is 9.11. The molecule has 1 aromatic rings. The van der Waals surface area contributed by atoms with Crippen molar-refractivity contribution in [1.29, 1.82) is 0 Å². The van der Waals surface area contributed by atoms with Crippen LogP contribution in [0.4, 0.5) is 0 Å². The van der Waals surface area contributed by atoms with Gasteiger partial charge in [-0.15, -0.1) is 0 Å². The Morgan fingerprint density at radius 1 is 1.05 bits per heavy atom. The lowest BCUT2D eigenvalue weighted by Crippen LogP contribution is -2.26. The molecule has 0 aliphatic carbocycles. The average molecular weight is 279 g/mol. The molecule has 114 valence electrons. The number of likely N-dealkylation sites (N-methyl/N-ethyl adjacent to an activating group) is 1. The molecule has 1 unspecified atom stereocenters. The number of benzene rings is 1. The van der Waals surface area contributed by atoms with E-state index in [4.69, 9.17) is 9.47 Å². The van der Waals surface area contributed by atoms with Gasteiger partial charge in [0, 0.05) is 0 Å². The summed E-state index contributed by atoms with van der Waals surface area (Å²) in [5.41, 5.74) is 3.89. The highest BCUT2D eigenvalue weighted by Crippen LogP contribution is 2.17. The van der Waals surface area contributed by atoms with Crippen molar-refractivity contribution >= 4 is 0 Å². The van der Waals surface area contributed by atoms with E-state index in [0.29, 0.717) is 19.8 Å². The molecule has 3 heteroatoms. The Morgan fingerprint density at radius 3 is 2.25 bits per heavy atom. The maximum Gasteiger partial charge on any atom is 0.0703 e. The molecule has 0 fully saturated rings. The number of aryl methyl sites for hydroxylation is 2. The molecule has 1 atom stereocenters. The zero-order valence-corrected chi connectivity index (χ0v) is 13.5. The van der Waals surface area contributed by atoms with Crippen molar-refractivity contribution in [3.63, 3.8) is 0 Å². The summed E-state index contributed by atoms with van der Waals surface area (Å²) in [6.45, 7) is 13.4. The van der Waals surface area contributed by atoms with Crippen LogP contribution in [-0.4, -0.2) is 32.5 Å². The van der Waals surface area contributed by atoms with Crippen LogP contribution in [0.2, 0.25) is 0 Å². The molecule has 0 spiro atoms. The fourth-order valence-electron chi connectivity index (χ4n) is 2.27. The standard InChI is InChI=1S/C17H29NO2/c1-6-18-17(12-19-7-8-20-13(2)3)16-10-14(4)9-15(5)11-16/h9-11,13,17-18H,6-8,12H2,1-5H3. The minimum Gasteiger partial charge on any atom is -0.377 e. The summed E-state index contributed by atoms with van der Waals surface area (Å²) < 4.78 is 11.2. The van der Waals surface area contributed by atoms with Crippen LogP contribution in [-0.2, 0) is 9.47 Å². The first-order valence-corrected chi connectivity index (χ1v) is 7.53. The lowest BCUT2D eigenvalue weighted by molar-refractivity contribution is 0.0138. The van der Waals surface area contributed by atoms with E-state index in [0.717, 1.165) is 6.54 Å². The maximum atomic E-state index is 5.75. The van der Waals surface area contributed by atoms with Crippen LogP contribution < -0.4 is 5.32 Å². The Balaban J connectivity index is 2.51. The first-order chi connectivity index (χ1) is 9.52. The van der Waals surface area contributed by atoms with E-state index in [2.05, 4.69) is 44.3 Å². The van der Waals surface area contributed by atoms with Crippen molar-refractivity contribution in [1.82, 2.24) is 5.32 Å². The van der Waals surface area contributed by atoms with E-state index in [1.165, 1.54) is 16.7 Å². The molecular weight excluding hydrogens is 250 g/mol. The lowest BCUT2D eigenvalue weighted by Gasteiger charge is -2.20. The molecule has 0 saturated heterocycles. The maximum absolute atomic E-state index is 5.75. The van der Waals surface area contributed by atoms with Gasteiger partial charge in [0.15, 0.2) is 0 Å². The third-order valence-corrected chi connectivity index (χ3v) is 3.06. The summed E-state index contributed by atoms with van der Waals surface area (Å²) in [7, 11) is 0.